The van der Waals surface area contributed by atoms with Crippen LogP contribution in [0.4, 0.5) is 5.82 Å². The van der Waals surface area contributed by atoms with Gasteiger partial charge in [-0.3, -0.25) is 4.79 Å². The molecule has 1 amide bonds. The van der Waals surface area contributed by atoms with Gasteiger partial charge in [0.05, 0.1) is 5.60 Å². The average Bonchev–Trinajstić information content (AvgIpc) is 2.28. The van der Waals surface area contributed by atoms with Crippen molar-refractivity contribution in [3.63, 3.8) is 0 Å². The van der Waals surface area contributed by atoms with Crippen LogP contribution >= 0.6 is 0 Å². The zero-order chi connectivity index (χ0) is 14.6. The molecule has 1 heterocycles. The highest BCUT2D eigenvalue weighted by molar-refractivity contribution is 6.60. The summed E-state index contributed by atoms with van der Waals surface area (Å²) < 4.78 is 5.63. The Morgan fingerprint density at radius 1 is 1.47 bits per heavy atom. The third-order valence-corrected chi connectivity index (χ3v) is 3.18. The van der Waals surface area contributed by atoms with E-state index < -0.39 is 12.7 Å². The first-order valence-corrected chi connectivity index (χ1v) is 6.32. The second-order valence-corrected chi connectivity index (χ2v) is 5.39. The minimum atomic E-state index is -1.03. The number of nitrogens with zero attached hydrogens (tertiary/aromatic N) is 1. The van der Waals surface area contributed by atoms with E-state index in [1.165, 1.54) is 13.1 Å². The molecule has 0 atom stereocenters. The zero-order valence-electron chi connectivity index (χ0n) is 12.1. The number of rotatable bonds is 5. The quantitative estimate of drug-likeness (QED) is 0.783. The summed E-state index contributed by atoms with van der Waals surface area (Å²) in [5, 5.41) is 12.6. The fourth-order valence-corrected chi connectivity index (χ4v) is 1.30. The Morgan fingerprint density at radius 3 is 2.53 bits per heavy atom. The van der Waals surface area contributed by atoms with Crippen molar-refractivity contribution >= 4 is 24.3 Å². The Bertz CT molecular complexity index is 432. The maximum absolute atomic E-state index is 10.9. The van der Waals surface area contributed by atoms with Crippen LogP contribution in [0.3, 0.4) is 0 Å². The Hall–Kier alpha value is -1.40. The molecule has 1 aromatic heterocycles. The van der Waals surface area contributed by atoms with Crippen molar-refractivity contribution in [1.29, 1.82) is 0 Å². The van der Waals surface area contributed by atoms with E-state index in [4.69, 9.17) is 4.65 Å². The molecule has 0 unspecified atom stereocenters. The highest BCUT2D eigenvalue weighted by Gasteiger charge is 2.30. The summed E-state index contributed by atoms with van der Waals surface area (Å²) >= 11 is 0. The molecule has 2 N–H and O–H groups in total. The molecule has 0 saturated heterocycles. The number of hydrogen-bond donors (Lipinski definition) is 2. The first-order chi connectivity index (χ1) is 8.72. The van der Waals surface area contributed by atoms with Gasteiger partial charge in [0.25, 0.3) is 0 Å². The van der Waals surface area contributed by atoms with E-state index in [0.717, 1.165) is 0 Å². The minimum absolute atomic E-state index is 0.182. The van der Waals surface area contributed by atoms with Crippen molar-refractivity contribution in [2.75, 3.05) is 5.32 Å². The molecule has 5 nitrogen and oxygen atoms in total. The van der Waals surface area contributed by atoms with Crippen LogP contribution in [0.1, 0.15) is 34.6 Å². The predicted octanol–water partition coefficient (Wildman–Crippen LogP) is 1.18. The van der Waals surface area contributed by atoms with Gasteiger partial charge in [-0.2, -0.15) is 0 Å². The lowest BCUT2D eigenvalue weighted by atomic mass is 9.78. The fraction of sp³-hybridized carbons (Fsp3) is 0.538. The van der Waals surface area contributed by atoms with E-state index in [-0.39, 0.29) is 11.8 Å². The number of carbonyl (C=O) groups excluding carboxylic acids is 1. The highest BCUT2D eigenvalue weighted by atomic mass is 16.5. The van der Waals surface area contributed by atoms with Crippen molar-refractivity contribution in [3.8, 4) is 0 Å². The third kappa shape index (κ3) is 4.65. The Labute approximate surface area is 114 Å². The summed E-state index contributed by atoms with van der Waals surface area (Å²) in [6, 6.07) is 3.31. The molecular formula is C13H21BN2O3. The summed E-state index contributed by atoms with van der Waals surface area (Å²) in [4.78, 5) is 14.9. The molecule has 0 saturated carbocycles. The SMILES string of the molecule is CC(=O)Nc1ccc(B(O)OC(C)(C)C(C)C)cn1. The van der Waals surface area contributed by atoms with Gasteiger partial charge in [-0.25, -0.2) is 4.98 Å². The van der Waals surface area contributed by atoms with Gasteiger partial charge in [0.2, 0.25) is 5.91 Å². The fourth-order valence-electron chi connectivity index (χ4n) is 1.30. The molecule has 1 aromatic rings. The average molecular weight is 264 g/mol. The standard InChI is InChI=1S/C13H21BN2O3/c1-9(2)13(4,5)19-14(18)11-6-7-12(15-8-11)16-10(3)17/h6-9,18H,1-5H3,(H,15,16,17). The number of amides is 1. The van der Waals surface area contributed by atoms with Crippen LogP contribution in [0.5, 0.6) is 0 Å². The second-order valence-electron chi connectivity index (χ2n) is 5.39. The van der Waals surface area contributed by atoms with Gasteiger partial charge in [-0.05, 0) is 25.8 Å². The Balaban J connectivity index is 2.73. The first-order valence-electron chi connectivity index (χ1n) is 6.32. The summed E-state index contributed by atoms with van der Waals surface area (Å²) in [6.07, 6.45) is 1.49. The molecule has 0 spiro atoms. The lowest BCUT2D eigenvalue weighted by molar-refractivity contribution is -0.114. The number of pyridine rings is 1. The first kappa shape index (κ1) is 15.7. The van der Waals surface area contributed by atoms with Gasteiger partial charge in [0.15, 0.2) is 0 Å². The number of aromatic nitrogens is 1. The minimum Gasteiger partial charge on any atom is -0.423 e. The van der Waals surface area contributed by atoms with Crippen molar-refractivity contribution in [1.82, 2.24) is 4.98 Å². The van der Waals surface area contributed by atoms with Gasteiger partial charge in [0.1, 0.15) is 5.82 Å². The molecule has 0 fully saturated rings. The number of hydrogen-bond acceptors (Lipinski definition) is 4. The van der Waals surface area contributed by atoms with Crippen LogP contribution < -0.4 is 10.8 Å². The lowest BCUT2D eigenvalue weighted by Crippen LogP contribution is -2.44. The smallest absolute Gasteiger partial charge is 0.423 e. The van der Waals surface area contributed by atoms with Gasteiger partial charge in [-0.1, -0.05) is 19.9 Å². The van der Waals surface area contributed by atoms with Crippen LogP contribution in [-0.2, 0) is 9.45 Å². The van der Waals surface area contributed by atoms with Gasteiger partial charge in [0, 0.05) is 18.6 Å². The molecule has 6 heteroatoms. The van der Waals surface area contributed by atoms with Gasteiger partial charge >= 0.3 is 7.12 Å². The van der Waals surface area contributed by atoms with Gasteiger partial charge in [-0.15, -0.1) is 0 Å². The van der Waals surface area contributed by atoms with Crippen molar-refractivity contribution < 1.29 is 14.5 Å². The molecule has 19 heavy (non-hydrogen) atoms. The van der Waals surface area contributed by atoms with E-state index in [1.807, 2.05) is 27.7 Å². The molecule has 104 valence electrons. The highest BCUT2D eigenvalue weighted by Crippen LogP contribution is 2.20. The Kier molecular flexibility index (Phi) is 5.08. The summed E-state index contributed by atoms with van der Waals surface area (Å²) in [5.74, 6) is 0.540. The number of anilines is 1. The monoisotopic (exact) mass is 264 g/mol. The van der Waals surface area contributed by atoms with Crippen molar-refractivity contribution in [2.45, 2.75) is 40.2 Å². The van der Waals surface area contributed by atoms with Gasteiger partial charge < -0.3 is 15.0 Å². The number of carbonyl (C=O) groups is 1. The largest absolute Gasteiger partial charge is 0.493 e. The maximum Gasteiger partial charge on any atom is 0.493 e. The molecule has 0 aromatic carbocycles. The molecular weight excluding hydrogens is 243 g/mol. The van der Waals surface area contributed by atoms with E-state index in [9.17, 15) is 9.82 Å². The Morgan fingerprint density at radius 2 is 2.11 bits per heavy atom. The van der Waals surface area contributed by atoms with E-state index in [2.05, 4.69) is 10.3 Å². The van der Waals surface area contributed by atoms with E-state index in [0.29, 0.717) is 11.3 Å². The molecule has 0 aliphatic carbocycles. The van der Waals surface area contributed by atoms with Crippen LogP contribution in [0.2, 0.25) is 0 Å². The van der Waals surface area contributed by atoms with Crippen LogP contribution in [0.25, 0.3) is 0 Å². The lowest BCUT2D eigenvalue weighted by Gasteiger charge is -2.31. The van der Waals surface area contributed by atoms with Crippen molar-refractivity contribution in [3.05, 3.63) is 18.3 Å². The summed E-state index contributed by atoms with van der Waals surface area (Å²) in [5.41, 5.74) is 0.123. The van der Waals surface area contributed by atoms with E-state index in [1.54, 1.807) is 12.1 Å². The summed E-state index contributed by atoms with van der Waals surface area (Å²) in [6.45, 7) is 9.34. The van der Waals surface area contributed by atoms with E-state index >= 15 is 0 Å². The number of nitrogens with one attached hydrogen (secondary N) is 1. The molecule has 0 bridgehead atoms. The van der Waals surface area contributed by atoms with Crippen LogP contribution in [0, 0.1) is 5.92 Å². The third-order valence-electron chi connectivity index (χ3n) is 3.18. The zero-order valence-corrected chi connectivity index (χ0v) is 12.1. The van der Waals surface area contributed by atoms with Crippen LogP contribution in [0.15, 0.2) is 18.3 Å². The summed E-state index contributed by atoms with van der Waals surface area (Å²) in [7, 11) is -1.03. The maximum atomic E-state index is 10.9. The molecule has 0 radical (unpaired) electrons. The predicted molar refractivity (Wildman–Crippen MR) is 76.1 cm³/mol. The molecule has 0 aliphatic rings. The van der Waals surface area contributed by atoms with Crippen LogP contribution in [-0.4, -0.2) is 28.6 Å². The van der Waals surface area contributed by atoms with Crippen molar-refractivity contribution in [2.24, 2.45) is 5.92 Å². The topological polar surface area (TPSA) is 71.5 Å². The molecule has 0 aliphatic heterocycles. The normalized spacial score (nSPS) is 11.5. The second kappa shape index (κ2) is 6.17. The molecule has 1 rings (SSSR count).